The molecule has 0 fully saturated rings. The molecule has 0 unspecified atom stereocenters. The van der Waals surface area contributed by atoms with Crippen molar-refractivity contribution in [1.29, 1.82) is 0 Å². The summed E-state index contributed by atoms with van der Waals surface area (Å²) in [5.74, 6) is -0.247. The van der Waals surface area contributed by atoms with E-state index in [0.29, 0.717) is 5.56 Å². The van der Waals surface area contributed by atoms with Crippen LogP contribution >= 0.6 is 15.9 Å². The van der Waals surface area contributed by atoms with Crippen LogP contribution in [0.5, 0.6) is 5.75 Å². The second kappa shape index (κ2) is 2.58. The maximum absolute atomic E-state index is 12.6. The summed E-state index contributed by atoms with van der Waals surface area (Å²) in [6.07, 6.45) is 0. The predicted octanol–water partition coefficient (Wildman–Crippen LogP) is 2.60. The number of hydrogen-bond acceptors (Lipinski definition) is 1. The van der Waals surface area contributed by atoms with Gasteiger partial charge in [-0.15, -0.1) is 0 Å². The summed E-state index contributed by atoms with van der Waals surface area (Å²) in [5, 5.41) is 9.03. The van der Waals surface area contributed by atoms with Crippen LogP contribution in [0, 0.1) is 12.7 Å². The SMILES string of the molecule is Cc1cc(F)c(Br)cc1O. The maximum atomic E-state index is 12.6. The molecule has 1 rings (SSSR count). The minimum absolute atomic E-state index is 0.105. The molecule has 0 aliphatic carbocycles. The molecule has 3 heteroatoms. The number of aromatic hydroxyl groups is 1. The Bertz CT molecular complexity index is 210. The molecule has 0 spiro atoms. The largest absolute Gasteiger partial charge is 0.508 e. The molecule has 0 saturated carbocycles. The van der Waals surface area contributed by atoms with Crippen molar-refractivity contribution >= 4 is 15.9 Å². The van der Waals surface area contributed by atoms with Crippen LogP contribution < -0.4 is 0 Å². The molecule has 0 amide bonds. The summed E-state index contributed by atoms with van der Waals surface area (Å²) in [5.41, 5.74) is 0.542. The van der Waals surface area contributed by atoms with Crippen LogP contribution in [-0.2, 0) is 0 Å². The van der Waals surface area contributed by atoms with Crippen molar-refractivity contribution in [3.8, 4) is 5.75 Å². The predicted molar refractivity (Wildman–Crippen MR) is 40.5 cm³/mol. The summed E-state index contributed by atoms with van der Waals surface area (Å²) in [6.45, 7) is 1.64. The molecular formula is C7H6BrFO. The smallest absolute Gasteiger partial charge is 0.137 e. The van der Waals surface area contributed by atoms with Crippen molar-refractivity contribution in [3.05, 3.63) is 28.0 Å². The summed E-state index contributed by atoms with van der Waals surface area (Å²) >= 11 is 2.95. The van der Waals surface area contributed by atoms with Gasteiger partial charge in [0.1, 0.15) is 11.6 Å². The standard InChI is InChI=1S/C7H6BrFO/c1-4-2-6(9)5(8)3-7(4)10/h2-3,10H,1H3. The first-order valence-corrected chi connectivity index (χ1v) is 3.55. The molecular weight excluding hydrogens is 199 g/mol. The van der Waals surface area contributed by atoms with Gasteiger partial charge in [0.25, 0.3) is 0 Å². The molecule has 0 atom stereocenters. The lowest BCUT2D eigenvalue weighted by atomic mass is 10.2. The summed E-state index contributed by atoms with van der Waals surface area (Å²) in [4.78, 5) is 0. The average molecular weight is 205 g/mol. The zero-order chi connectivity index (χ0) is 7.72. The van der Waals surface area contributed by atoms with E-state index in [4.69, 9.17) is 5.11 Å². The molecule has 0 aliphatic heterocycles. The van der Waals surface area contributed by atoms with Crippen LogP contribution in [0.25, 0.3) is 0 Å². The Balaban J connectivity index is 3.28. The van der Waals surface area contributed by atoms with Gasteiger partial charge in [0.2, 0.25) is 0 Å². The molecule has 0 saturated heterocycles. The van der Waals surface area contributed by atoms with Crippen LogP contribution in [0.3, 0.4) is 0 Å². The third-order valence-electron chi connectivity index (χ3n) is 1.24. The molecule has 54 valence electrons. The normalized spacial score (nSPS) is 9.90. The summed E-state index contributed by atoms with van der Waals surface area (Å²) in [6, 6.07) is 2.62. The molecule has 0 aliphatic rings. The highest BCUT2D eigenvalue weighted by Crippen LogP contribution is 2.24. The number of rotatable bonds is 0. The van der Waals surface area contributed by atoms with E-state index < -0.39 is 0 Å². The second-order valence-corrected chi connectivity index (χ2v) is 2.91. The number of benzene rings is 1. The third kappa shape index (κ3) is 1.29. The Hall–Kier alpha value is -0.570. The minimum atomic E-state index is -0.352. The van der Waals surface area contributed by atoms with Gasteiger partial charge in [-0.1, -0.05) is 0 Å². The molecule has 10 heavy (non-hydrogen) atoms. The fourth-order valence-corrected chi connectivity index (χ4v) is 0.967. The average Bonchev–Trinajstić information content (AvgIpc) is 1.84. The van der Waals surface area contributed by atoms with Gasteiger partial charge >= 0.3 is 0 Å². The molecule has 1 N–H and O–H groups in total. The van der Waals surface area contributed by atoms with Crippen LogP contribution in [0.2, 0.25) is 0 Å². The lowest BCUT2D eigenvalue weighted by Gasteiger charge is -1.98. The minimum Gasteiger partial charge on any atom is -0.508 e. The molecule has 0 aromatic heterocycles. The fourth-order valence-electron chi connectivity index (χ4n) is 0.636. The number of hydrogen-bond donors (Lipinski definition) is 1. The summed E-state index contributed by atoms with van der Waals surface area (Å²) in [7, 11) is 0. The van der Waals surface area contributed by atoms with E-state index in [1.807, 2.05) is 0 Å². The highest BCUT2D eigenvalue weighted by Gasteiger charge is 2.02. The van der Waals surface area contributed by atoms with Crippen molar-refractivity contribution in [3.63, 3.8) is 0 Å². The van der Waals surface area contributed by atoms with Gasteiger partial charge in [-0.2, -0.15) is 0 Å². The maximum Gasteiger partial charge on any atom is 0.137 e. The highest BCUT2D eigenvalue weighted by atomic mass is 79.9. The first-order chi connectivity index (χ1) is 4.61. The van der Waals surface area contributed by atoms with E-state index in [1.165, 1.54) is 12.1 Å². The molecule has 0 radical (unpaired) electrons. The van der Waals surface area contributed by atoms with Gasteiger partial charge in [-0.05, 0) is 40.5 Å². The molecule has 1 nitrogen and oxygen atoms in total. The Morgan fingerprint density at radius 1 is 1.50 bits per heavy atom. The van der Waals surface area contributed by atoms with Crippen LogP contribution in [0.15, 0.2) is 16.6 Å². The Kier molecular flexibility index (Phi) is 1.94. The molecule has 0 heterocycles. The number of phenols is 1. The van der Waals surface area contributed by atoms with Crippen LogP contribution in [-0.4, -0.2) is 5.11 Å². The van der Waals surface area contributed by atoms with Crippen LogP contribution in [0.4, 0.5) is 4.39 Å². The lowest BCUT2D eigenvalue weighted by Crippen LogP contribution is -1.80. The Morgan fingerprint density at radius 2 is 2.10 bits per heavy atom. The van der Waals surface area contributed by atoms with Gasteiger partial charge < -0.3 is 5.11 Å². The van der Waals surface area contributed by atoms with E-state index >= 15 is 0 Å². The Labute approximate surface area is 66.6 Å². The molecule has 0 bridgehead atoms. The van der Waals surface area contributed by atoms with E-state index in [-0.39, 0.29) is 16.0 Å². The third-order valence-corrected chi connectivity index (χ3v) is 1.85. The van der Waals surface area contributed by atoms with Gasteiger partial charge in [-0.25, -0.2) is 4.39 Å². The lowest BCUT2D eigenvalue weighted by molar-refractivity contribution is 0.468. The zero-order valence-electron chi connectivity index (χ0n) is 5.36. The highest BCUT2D eigenvalue weighted by molar-refractivity contribution is 9.10. The number of halogens is 2. The first kappa shape index (κ1) is 7.54. The van der Waals surface area contributed by atoms with Gasteiger partial charge in [0, 0.05) is 0 Å². The van der Waals surface area contributed by atoms with Crippen molar-refractivity contribution in [2.45, 2.75) is 6.92 Å². The topological polar surface area (TPSA) is 20.2 Å². The van der Waals surface area contributed by atoms with Crippen molar-refractivity contribution in [2.75, 3.05) is 0 Å². The zero-order valence-corrected chi connectivity index (χ0v) is 6.94. The van der Waals surface area contributed by atoms with E-state index in [9.17, 15) is 4.39 Å². The van der Waals surface area contributed by atoms with Crippen molar-refractivity contribution in [2.24, 2.45) is 0 Å². The number of aryl methyl sites for hydroxylation is 1. The van der Waals surface area contributed by atoms with Crippen molar-refractivity contribution < 1.29 is 9.50 Å². The molecule has 1 aromatic carbocycles. The van der Waals surface area contributed by atoms with Gasteiger partial charge in [0.05, 0.1) is 4.47 Å². The second-order valence-electron chi connectivity index (χ2n) is 2.05. The number of phenolic OH excluding ortho intramolecular Hbond substituents is 1. The van der Waals surface area contributed by atoms with E-state index in [0.717, 1.165) is 0 Å². The van der Waals surface area contributed by atoms with E-state index in [1.54, 1.807) is 6.92 Å². The van der Waals surface area contributed by atoms with Gasteiger partial charge in [-0.3, -0.25) is 0 Å². The summed E-state index contributed by atoms with van der Waals surface area (Å²) < 4.78 is 12.9. The Morgan fingerprint density at radius 3 is 2.60 bits per heavy atom. The first-order valence-electron chi connectivity index (χ1n) is 2.76. The quantitative estimate of drug-likeness (QED) is 0.690. The van der Waals surface area contributed by atoms with Gasteiger partial charge in [0.15, 0.2) is 0 Å². The van der Waals surface area contributed by atoms with Crippen LogP contribution in [0.1, 0.15) is 5.56 Å². The molecule has 1 aromatic rings. The van der Waals surface area contributed by atoms with E-state index in [2.05, 4.69) is 15.9 Å². The van der Waals surface area contributed by atoms with Crippen molar-refractivity contribution in [1.82, 2.24) is 0 Å². The monoisotopic (exact) mass is 204 g/mol. The fraction of sp³-hybridized carbons (Fsp3) is 0.143.